The minimum absolute atomic E-state index is 0.0786. The maximum atomic E-state index is 13.1. The highest BCUT2D eigenvalue weighted by Crippen LogP contribution is 2.35. The van der Waals surface area contributed by atoms with Gasteiger partial charge in [0, 0.05) is 44.4 Å². The second-order valence-corrected chi connectivity index (χ2v) is 5.66. The number of non-ortho nitro benzene ring substituents is 1. The van der Waals surface area contributed by atoms with E-state index < -0.39 is 22.4 Å². The zero-order valence-corrected chi connectivity index (χ0v) is 12.4. The van der Waals surface area contributed by atoms with E-state index in [1.807, 2.05) is 18.9 Å². The molecule has 122 valence electrons. The Morgan fingerprint density at radius 1 is 1.36 bits per heavy atom. The summed E-state index contributed by atoms with van der Waals surface area (Å²) in [6.07, 6.45) is -4.60. The van der Waals surface area contributed by atoms with E-state index in [0.29, 0.717) is 19.2 Å². The van der Waals surface area contributed by atoms with Gasteiger partial charge in [0.05, 0.1) is 10.5 Å². The number of nitro benzene ring substituents is 1. The SMILES string of the molecule is CC1CN(Cc2ccc([N+](=O)[O-])cc2C(F)(F)F)CCN1C. The van der Waals surface area contributed by atoms with Gasteiger partial charge in [-0.1, -0.05) is 6.07 Å². The third kappa shape index (κ3) is 3.75. The van der Waals surface area contributed by atoms with Crippen molar-refractivity contribution in [3.63, 3.8) is 0 Å². The van der Waals surface area contributed by atoms with E-state index in [9.17, 15) is 23.3 Å². The van der Waals surface area contributed by atoms with Crippen molar-refractivity contribution in [2.24, 2.45) is 0 Å². The molecule has 1 fully saturated rings. The molecule has 1 aliphatic rings. The number of piperazine rings is 1. The molecule has 0 radical (unpaired) electrons. The van der Waals surface area contributed by atoms with Gasteiger partial charge in [-0.3, -0.25) is 15.0 Å². The van der Waals surface area contributed by atoms with Gasteiger partial charge >= 0.3 is 6.18 Å². The molecule has 1 aromatic rings. The smallest absolute Gasteiger partial charge is 0.301 e. The van der Waals surface area contributed by atoms with Crippen molar-refractivity contribution in [2.75, 3.05) is 26.7 Å². The summed E-state index contributed by atoms with van der Waals surface area (Å²) in [5.74, 6) is 0. The van der Waals surface area contributed by atoms with E-state index in [1.54, 1.807) is 0 Å². The topological polar surface area (TPSA) is 49.6 Å². The summed E-state index contributed by atoms with van der Waals surface area (Å²) in [4.78, 5) is 14.0. The van der Waals surface area contributed by atoms with Gasteiger partial charge in [0.1, 0.15) is 0 Å². The van der Waals surface area contributed by atoms with E-state index in [4.69, 9.17) is 0 Å². The number of benzene rings is 1. The molecule has 1 aliphatic heterocycles. The molecule has 1 saturated heterocycles. The molecule has 0 saturated carbocycles. The normalized spacial score (nSPS) is 21.0. The van der Waals surface area contributed by atoms with Gasteiger partial charge < -0.3 is 4.90 Å². The highest BCUT2D eigenvalue weighted by atomic mass is 19.4. The summed E-state index contributed by atoms with van der Waals surface area (Å²) in [5, 5.41) is 10.7. The van der Waals surface area contributed by atoms with Crippen LogP contribution in [0.3, 0.4) is 0 Å². The first-order valence-electron chi connectivity index (χ1n) is 6.95. The zero-order chi connectivity index (χ0) is 16.5. The highest BCUT2D eigenvalue weighted by Gasteiger charge is 2.35. The molecule has 0 N–H and O–H groups in total. The number of rotatable bonds is 3. The molecular formula is C14H18F3N3O2. The minimum Gasteiger partial charge on any atom is -0.301 e. The zero-order valence-electron chi connectivity index (χ0n) is 12.4. The molecule has 0 aliphatic carbocycles. The average Bonchev–Trinajstić information content (AvgIpc) is 2.42. The quantitative estimate of drug-likeness (QED) is 0.635. The predicted octanol–water partition coefficient (Wildman–Crippen LogP) is 2.75. The van der Waals surface area contributed by atoms with Crippen molar-refractivity contribution in [1.82, 2.24) is 9.80 Å². The van der Waals surface area contributed by atoms with Crippen molar-refractivity contribution in [2.45, 2.75) is 25.7 Å². The van der Waals surface area contributed by atoms with Crippen molar-refractivity contribution < 1.29 is 18.1 Å². The fourth-order valence-electron chi connectivity index (χ4n) is 2.59. The second kappa shape index (κ2) is 6.21. The highest BCUT2D eigenvalue weighted by molar-refractivity contribution is 5.41. The van der Waals surface area contributed by atoms with Crippen LogP contribution in [0.15, 0.2) is 18.2 Å². The van der Waals surface area contributed by atoms with Crippen molar-refractivity contribution >= 4 is 5.69 Å². The van der Waals surface area contributed by atoms with Crippen molar-refractivity contribution in [3.05, 3.63) is 39.4 Å². The third-order valence-corrected chi connectivity index (χ3v) is 4.05. The number of halogens is 3. The van der Waals surface area contributed by atoms with Crippen LogP contribution in [0.25, 0.3) is 0 Å². The van der Waals surface area contributed by atoms with Crippen molar-refractivity contribution in [3.8, 4) is 0 Å². The number of hydrogen-bond acceptors (Lipinski definition) is 4. The Kier molecular flexibility index (Phi) is 4.72. The number of alkyl halides is 3. The lowest BCUT2D eigenvalue weighted by molar-refractivity contribution is -0.385. The van der Waals surface area contributed by atoms with Crippen LogP contribution in [0.4, 0.5) is 18.9 Å². The predicted molar refractivity (Wildman–Crippen MR) is 75.5 cm³/mol. The van der Waals surface area contributed by atoms with Crippen LogP contribution in [0.1, 0.15) is 18.1 Å². The Hall–Kier alpha value is -1.67. The van der Waals surface area contributed by atoms with Gasteiger partial charge in [0.2, 0.25) is 0 Å². The molecule has 0 bridgehead atoms. The average molecular weight is 317 g/mol. The van der Waals surface area contributed by atoms with Gasteiger partial charge in [-0.2, -0.15) is 13.2 Å². The molecule has 0 aromatic heterocycles. The van der Waals surface area contributed by atoms with E-state index in [0.717, 1.165) is 12.6 Å². The maximum Gasteiger partial charge on any atom is 0.416 e. The molecule has 22 heavy (non-hydrogen) atoms. The number of nitrogens with zero attached hydrogens (tertiary/aromatic N) is 3. The fourth-order valence-corrected chi connectivity index (χ4v) is 2.59. The Bertz CT molecular complexity index is 563. The van der Waals surface area contributed by atoms with Crippen LogP contribution in [0.2, 0.25) is 0 Å². The van der Waals surface area contributed by atoms with Crippen LogP contribution in [0.5, 0.6) is 0 Å². The van der Waals surface area contributed by atoms with Gasteiger partial charge in [-0.15, -0.1) is 0 Å². The maximum absolute atomic E-state index is 13.1. The van der Waals surface area contributed by atoms with Gasteiger partial charge in [-0.05, 0) is 19.5 Å². The minimum atomic E-state index is -4.60. The van der Waals surface area contributed by atoms with Crippen LogP contribution in [0, 0.1) is 10.1 Å². The molecule has 0 amide bonds. The summed E-state index contributed by atoms with van der Waals surface area (Å²) in [6.45, 7) is 4.30. The summed E-state index contributed by atoms with van der Waals surface area (Å²) >= 11 is 0. The number of likely N-dealkylation sites (N-methyl/N-ethyl adjacent to an activating group) is 1. The Morgan fingerprint density at radius 3 is 2.59 bits per heavy atom. The van der Waals surface area contributed by atoms with Gasteiger partial charge in [0.25, 0.3) is 5.69 Å². The molecule has 1 heterocycles. The fraction of sp³-hybridized carbons (Fsp3) is 0.571. The molecule has 1 atom stereocenters. The lowest BCUT2D eigenvalue weighted by atomic mass is 10.0. The van der Waals surface area contributed by atoms with Crippen LogP contribution < -0.4 is 0 Å². The van der Waals surface area contributed by atoms with Crippen molar-refractivity contribution in [1.29, 1.82) is 0 Å². The van der Waals surface area contributed by atoms with Crippen LogP contribution in [-0.2, 0) is 12.7 Å². The van der Waals surface area contributed by atoms with E-state index in [1.165, 1.54) is 6.07 Å². The molecular weight excluding hydrogens is 299 g/mol. The molecule has 0 spiro atoms. The van der Waals surface area contributed by atoms with Crippen LogP contribution in [-0.4, -0.2) is 47.4 Å². The molecule has 1 aromatic carbocycles. The van der Waals surface area contributed by atoms with E-state index >= 15 is 0 Å². The first-order chi connectivity index (χ1) is 10.2. The molecule has 8 heteroatoms. The lowest BCUT2D eigenvalue weighted by Gasteiger charge is -2.38. The summed E-state index contributed by atoms with van der Waals surface area (Å²) in [5.41, 5.74) is -1.38. The summed E-state index contributed by atoms with van der Waals surface area (Å²) in [6, 6.07) is 3.23. The van der Waals surface area contributed by atoms with Crippen LogP contribution >= 0.6 is 0 Å². The first kappa shape index (κ1) is 16.7. The Labute approximate surface area is 126 Å². The molecule has 2 rings (SSSR count). The molecule has 1 unspecified atom stereocenters. The summed E-state index contributed by atoms with van der Waals surface area (Å²) in [7, 11) is 1.98. The van der Waals surface area contributed by atoms with Gasteiger partial charge in [-0.25, -0.2) is 0 Å². The number of nitro groups is 1. The first-order valence-corrected chi connectivity index (χ1v) is 6.95. The van der Waals surface area contributed by atoms with E-state index in [-0.39, 0.29) is 18.2 Å². The second-order valence-electron chi connectivity index (χ2n) is 5.66. The molecule has 5 nitrogen and oxygen atoms in total. The third-order valence-electron chi connectivity index (χ3n) is 4.05. The summed E-state index contributed by atoms with van der Waals surface area (Å²) < 4.78 is 39.4. The largest absolute Gasteiger partial charge is 0.416 e. The van der Waals surface area contributed by atoms with E-state index in [2.05, 4.69) is 4.90 Å². The van der Waals surface area contributed by atoms with Gasteiger partial charge in [0.15, 0.2) is 0 Å². The Morgan fingerprint density at radius 2 is 2.05 bits per heavy atom. The number of hydrogen-bond donors (Lipinski definition) is 0. The monoisotopic (exact) mass is 317 g/mol. The Balaban J connectivity index is 2.25. The standard InChI is InChI=1S/C14H18F3N3O2/c1-10-8-19(6-5-18(10)2)9-11-3-4-12(20(21)22)7-13(11)14(15,16)17/h3-4,7,10H,5-6,8-9H2,1-2H3. The lowest BCUT2D eigenvalue weighted by Crippen LogP contribution is -2.49.